The van der Waals surface area contributed by atoms with E-state index < -0.39 is 7.82 Å². The van der Waals surface area contributed by atoms with Crippen molar-refractivity contribution < 1.29 is 17.2 Å². The van der Waals surface area contributed by atoms with Crippen molar-refractivity contribution in [1.29, 1.82) is 0 Å². The van der Waals surface area contributed by atoms with Gasteiger partial charge in [-0.3, -0.25) is 4.52 Å². The Labute approximate surface area is 76.8 Å². The fraction of sp³-hybridized carbons (Fsp3) is 1.00. The number of hydrogen-bond donors (Lipinski definition) is 0. The summed E-state index contributed by atoms with van der Waals surface area (Å²) >= 11 is 12.5. The molecule has 8 heteroatoms. The largest absolute Gasteiger partial charge is 0.507 e. The highest BCUT2D eigenvalue weighted by atomic mass is 79.9. The van der Waals surface area contributed by atoms with E-state index in [0.29, 0.717) is 5.33 Å². The van der Waals surface area contributed by atoms with Crippen LogP contribution in [0.25, 0.3) is 0 Å². The van der Waals surface area contributed by atoms with Crippen LogP contribution < -0.4 is 0 Å². The van der Waals surface area contributed by atoms with Gasteiger partial charge in [0.1, 0.15) is 0 Å². The third-order valence-corrected chi connectivity index (χ3v) is 2.67. The van der Waals surface area contributed by atoms with Crippen molar-refractivity contribution in [3.63, 3.8) is 0 Å². The van der Waals surface area contributed by atoms with E-state index in [1.807, 2.05) is 0 Å². The minimum atomic E-state index is -3.70. The van der Waals surface area contributed by atoms with Gasteiger partial charge in [-0.1, -0.05) is 15.9 Å². The van der Waals surface area contributed by atoms with Gasteiger partial charge in [-0.05, 0) is 0 Å². The number of halogens is 3. The zero-order valence-electron chi connectivity index (χ0n) is 4.63. The maximum absolute atomic E-state index is 10.8. The molecule has 0 aliphatic rings. The average Bonchev–Trinajstić information content (AvgIpc) is 2.00. The van der Waals surface area contributed by atoms with Gasteiger partial charge in [0.05, 0.1) is 30.3 Å². The van der Waals surface area contributed by atoms with Gasteiger partial charge in [0.25, 0.3) is 0 Å². The zero-order chi connectivity index (χ0) is 8.04. The van der Waals surface area contributed by atoms with Gasteiger partial charge in [-0.2, -0.15) is 8.15 Å². The Kier molecular flexibility index (Phi) is 6.45. The van der Waals surface area contributed by atoms with Gasteiger partial charge in [-0.25, -0.2) is 4.57 Å². The summed E-state index contributed by atoms with van der Waals surface area (Å²) in [4.78, 5) is 0. The summed E-state index contributed by atoms with van der Waals surface area (Å²) in [6.45, 7) is 0.136. The molecule has 0 spiro atoms. The maximum atomic E-state index is 10.8. The van der Waals surface area contributed by atoms with Gasteiger partial charge in [0, 0.05) is 5.33 Å². The Morgan fingerprint density at radius 1 is 1.40 bits per heavy atom. The molecule has 0 amide bonds. The van der Waals surface area contributed by atoms with Crippen LogP contribution in [0.15, 0.2) is 0 Å². The van der Waals surface area contributed by atoms with Gasteiger partial charge < -0.3 is 0 Å². The van der Waals surface area contributed by atoms with E-state index in [1.54, 1.807) is 0 Å². The molecule has 0 fully saturated rings. The fourth-order valence-electron chi connectivity index (χ4n) is 0.197. The van der Waals surface area contributed by atoms with Crippen LogP contribution in [-0.2, 0) is 17.2 Å². The second kappa shape index (κ2) is 5.77. The molecule has 0 aromatic carbocycles. The summed E-state index contributed by atoms with van der Waals surface area (Å²) < 4.78 is 22.9. The van der Waals surface area contributed by atoms with Crippen LogP contribution in [0.5, 0.6) is 0 Å². The molecule has 0 N–H and O–H groups in total. The van der Waals surface area contributed by atoms with Crippen molar-refractivity contribution >= 4 is 47.5 Å². The van der Waals surface area contributed by atoms with Crippen molar-refractivity contribution in [3.8, 4) is 0 Å². The molecule has 0 saturated heterocycles. The summed E-state index contributed by atoms with van der Waals surface area (Å²) in [5.41, 5.74) is 0. The average molecular weight is 274 g/mol. The Morgan fingerprint density at radius 3 is 2.20 bits per heavy atom. The first-order chi connectivity index (χ1) is 4.68. The standard InChI is InChI=1S/C2H4BrCl2O4P/c3-1-2-7-10(6,8-4)9-5/h1-2H2. The van der Waals surface area contributed by atoms with Crippen LogP contribution in [0.3, 0.4) is 0 Å². The Hall–Kier alpha value is 1.17. The van der Waals surface area contributed by atoms with Crippen molar-refractivity contribution in [3.05, 3.63) is 0 Å². The molecule has 0 unspecified atom stereocenters. The van der Waals surface area contributed by atoms with E-state index in [1.165, 1.54) is 0 Å². The molecule has 0 saturated carbocycles. The summed E-state index contributed by atoms with van der Waals surface area (Å²) in [5.74, 6) is 0. The molecule has 10 heavy (non-hydrogen) atoms. The van der Waals surface area contributed by atoms with E-state index in [-0.39, 0.29) is 6.61 Å². The first kappa shape index (κ1) is 11.2. The van der Waals surface area contributed by atoms with Crippen molar-refractivity contribution in [1.82, 2.24) is 0 Å². The maximum Gasteiger partial charge on any atom is 0.507 e. The molecule has 0 radical (unpaired) electrons. The molecule has 0 heterocycles. The first-order valence-electron chi connectivity index (χ1n) is 2.09. The Bertz CT molecular complexity index is 124. The molecule has 0 rings (SSSR count). The first-order valence-corrected chi connectivity index (χ1v) is 5.29. The molecule has 0 aromatic rings. The second-order valence-corrected chi connectivity index (χ2v) is 4.16. The number of phosphoric acid groups is 1. The van der Waals surface area contributed by atoms with Crippen LogP contribution in [0.2, 0.25) is 0 Å². The SMILES string of the molecule is O=P(OCl)(OCl)OCCBr. The topological polar surface area (TPSA) is 44.8 Å². The predicted octanol–water partition coefficient (Wildman–Crippen LogP) is 2.85. The van der Waals surface area contributed by atoms with E-state index in [0.717, 1.165) is 0 Å². The number of rotatable bonds is 5. The van der Waals surface area contributed by atoms with Crippen LogP contribution in [0, 0.1) is 0 Å². The van der Waals surface area contributed by atoms with Gasteiger partial charge in [0.15, 0.2) is 0 Å². The smallest absolute Gasteiger partial charge is 0.284 e. The van der Waals surface area contributed by atoms with Gasteiger partial charge in [-0.15, -0.1) is 0 Å². The highest BCUT2D eigenvalue weighted by molar-refractivity contribution is 9.09. The van der Waals surface area contributed by atoms with E-state index in [2.05, 4.69) is 28.6 Å². The lowest BCUT2D eigenvalue weighted by atomic mass is 10.9. The van der Waals surface area contributed by atoms with Crippen molar-refractivity contribution in [2.75, 3.05) is 11.9 Å². The molecule has 62 valence electrons. The minimum Gasteiger partial charge on any atom is -0.284 e. The summed E-state index contributed by atoms with van der Waals surface area (Å²) in [5, 5.41) is 0.484. The van der Waals surface area contributed by atoms with E-state index in [4.69, 9.17) is 23.7 Å². The van der Waals surface area contributed by atoms with E-state index in [9.17, 15) is 4.57 Å². The lowest BCUT2D eigenvalue weighted by molar-refractivity contribution is 0.233. The molecular weight excluding hydrogens is 270 g/mol. The third kappa shape index (κ3) is 4.13. The Morgan fingerprint density at radius 2 is 1.90 bits per heavy atom. The van der Waals surface area contributed by atoms with Crippen LogP contribution in [0.4, 0.5) is 0 Å². The molecular formula is C2H4BrCl2O4P. The van der Waals surface area contributed by atoms with Gasteiger partial charge >= 0.3 is 7.82 Å². The van der Waals surface area contributed by atoms with Crippen molar-refractivity contribution in [2.24, 2.45) is 0 Å². The normalized spacial score (nSPS) is 11.9. The van der Waals surface area contributed by atoms with Crippen LogP contribution >= 0.6 is 47.5 Å². The highest BCUT2D eigenvalue weighted by Gasteiger charge is 2.25. The quantitative estimate of drug-likeness (QED) is 0.571. The van der Waals surface area contributed by atoms with E-state index >= 15 is 0 Å². The predicted molar refractivity (Wildman–Crippen MR) is 41.2 cm³/mol. The molecule has 0 bridgehead atoms. The molecule has 0 aromatic heterocycles. The second-order valence-electron chi connectivity index (χ2n) is 1.11. The highest BCUT2D eigenvalue weighted by Crippen LogP contribution is 2.51. The molecule has 0 atom stereocenters. The summed E-state index contributed by atoms with van der Waals surface area (Å²) in [6, 6.07) is 0. The summed E-state index contributed by atoms with van der Waals surface area (Å²) in [6.07, 6.45) is 0. The zero-order valence-corrected chi connectivity index (χ0v) is 8.62. The monoisotopic (exact) mass is 272 g/mol. The third-order valence-electron chi connectivity index (χ3n) is 0.496. The van der Waals surface area contributed by atoms with Crippen molar-refractivity contribution in [2.45, 2.75) is 0 Å². The fourth-order valence-corrected chi connectivity index (χ4v) is 1.52. The molecule has 0 aliphatic heterocycles. The minimum absolute atomic E-state index is 0.136. The van der Waals surface area contributed by atoms with Crippen LogP contribution in [0.1, 0.15) is 0 Å². The molecule has 4 nitrogen and oxygen atoms in total. The lowest BCUT2D eigenvalue weighted by Gasteiger charge is -2.06. The number of hydrogen-bond acceptors (Lipinski definition) is 4. The Balaban J connectivity index is 3.70. The lowest BCUT2D eigenvalue weighted by Crippen LogP contribution is -1.93. The number of alkyl halides is 1. The summed E-state index contributed by atoms with van der Waals surface area (Å²) in [7, 11) is -3.70. The van der Waals surface area contributed by atoms with Gasteiger partial charge in [0.2, 0.25) is 0 Å². The molecule has 0 aliphatic carbocycles. The van der Waals surface area contributed by atoms with Crippen LogP contribution in [-0.4, -0.2) is 11.9 Å².